The molecule has 180 valence electrons. The maximum Gasteiger partial charge on any atom is 0.264 e. The number of aromatic nitrogens is 2. The zero-order valence-corrected chi connectivity index (χ0v) is 21.1. The first-order chi connectivity index (χ1) is 15.8. The van der Waals surface area contributed by atoms with Gasteiger partial charge in [-0.3, -0.25) is 14.5 Å². The van der Waals surface area contributed by atoms with Gasteiger partial charge in [-0.2, -0.15) is 0 Å². The Morgan fingerprint density at radius 2 is 1.67 bits per heavy atom. The van der Waals surface area contributed by atoms with Crippen LogP contribution in [0.25, 0.3) is 10.2 Å². The normalized spacial score (nSPS) is 19.1. The molecule has 33 heavy (non-hydrogen) atoms. The molecule has 8 nitrogen and oxygen atoms in total. The van der Waals surface area contributed by atoms with E-state index in [4.69, 9.17) is 10.7 Å². The summed E-state index contributed by atoms with van der Waals surface area (Å²) in [6.45, 7) is 12.7. The van der Waals surface area contributed by atoms with Crippen LogP contribution in [0, 0.1) is 13.8 Å². The summed E-state index contributed by atoms with van der Waals surface area (Å²) < 4.78 is 0. The van der Waals surface area contributed by atoms with Crippen LogP contribution in [0.4, 0.5) is 5.82 Å². The Hall–Kier alpha value is -2.26. The van der Waals surface area contributed by atoms with Crippen molar-refractivity contribution < 1.29 is 9.59 Å². The van der Waals surface area contributed by atoms with Crippen LogP contribution in [0.15, 0.2) is 0 Å². The first-order valence-corrected chi connectivity index (χ1v) is 13.0. The third-order valence-electron chi connectivity index (χ3n) is 7.44. The lowest BCUT2D eigenvalue weighted by Gasteiger charge is -2.48. The minimum Gasteiger partial charge on any atom is -0.368 e. The van der Waals surface area contributed by atoms with E-state index >= 15 is 0 Å². The average Bonchev–Trinajstić information content (AvgIpc) is 3.15. The smallest absolute Gasteiger partial charge is 0.264 e. The predicted molar refractivity (Wildman–Crippen MR) is 133 cm³/mol. The lowest BCUT2D eigenvalue weighted by molar-refractivity contribution is -0.134. The van der Waals surface area contributed by atoms with E-state index in [1.165, 1.54) is 17.8 Å². The Labute approximate surface area is 200 Å². The number of hydrogen-bond acceptors (Lipinski definition) is 7. The first kappa shape index (κ1) is 23.9. The molecule has 2 aromatic heterocycles. The van der Waals surface area contributed by atoms with Crippen molar-refractivity contribution in [2.24, 2.45) is 5.73 Å². The number of piperidine rings is 2. The van der Waals surface area contributed by atoms with Crippen molar-refractivity contribution in [1.82, 2.24) is 19.8 Å². The number of aryl methyl sites for hydroxylation is 2. The third-order valence-corrected chi connectivity index (χ3v) is 8.61. The number of likely N-dealkylation sites (tertiary alicyclic amines) is 2. The first-order valence-electron chi connectivity index (χ1n) is 12.2. The number of hydrogen-bond donors (Lipinski definition) is 1. The van der Waals surface area contributed by atoms with Gasteiger partial charge in [-0.05, 0) is 72.0 Å². The number of rotatable bonds is 6. The summed E-state index contributed by atoms with van der Waals surface area (Å²) in [6.07, 6.45) is 4.62. The highest BCUT2D eigenvalue weighted by molar-refractivity contribution is 7.20. The van der Waals surface area contributed by atoms with Crippen LogP contribution in [0.1, 0.15) is 67.0 Å². The molecule has 9 heteroatoms. The van der Waals surface area contributed by atoms with Crippen molar-refractivity contribution in [3.05, 3.63) is 16.3 Å². The summed E-state index contributed by atoms with van der Waals surface area (Å²) >= 11 is 1.46. The second-order valence-electron chi connectivity index (χ2n) is 9.24. The van der Waals surface area contributed by atoms with E-state index in [-0.39, 0.29) is 11.8 Å². The monoisotopic (exact) mass is 472 g/mol. The molecule has 2 aromatic rings. The van der Waals surface area contributed by atoms with Gasteiger partial charge in [-0.15, -0.1) is 11.3 Å². The van der Waals surface area contributed by atoms with E-state index in [1.54, 1.807) is 0 Å². The van der Waals surface area contributed by atoms with Gasteiger partial charge in [0.25, 0.3) is 5.91 Å². The molecular formula is C24H36N6O2S. The molecule has 0 radical (unpaired) electrons. The molecule has 4 heterocycles. The van der Waals surface area contributed by atoms with E-state index < -0.39 is 5.54 Å². The number of nitrogens with zero attached hydrogens (tertiary/aromatic N) is 5. The molecule has 0 aromatic carbocycles. The molecule has 0 atom stereocenters. The third kappa shape index (κ3) is 4.21. The largest absolute Gasteiger partial charge is 0.368 e. The molecule has 2 saturated heterocycles. The molecule has 0 spiro atoms. The highest BCUT2D eigenvalue weighted by Crippen LogP contribution is 2.38. The molecule has 4 rings (SSSR count). The summed E-state index contributed by atoms with van der Waals surface area (Å²) in [6, 6.07) is 0. The number of carbonyl (C=O) groups excluding carboxylic acids is 2. The zero-order valence-electron chi connectivity index (χ0n) is 20.3. The SMILES string of the molecule is CCN(CC)c1nc(C)nc2sc(C(=O)N3CCC(C(N)=O)(N4CCCCC4)CC3)c(C)c12. The van der Waals surface area contributed by atoms with Gasteiger partial charge < -0.3 is 15.5 Å². The Bertz CT molecular complexity index is 1030. The highest BCUT2D eigenvalue weighted by Gasteiger charge is 2.46. The lowest BCUT2D eigenvalue weighted by atomic mass is 9.83. The van der Waals surface area contributed by atoms with E-state index in [1.807, 2.05) is 18.7 Å². The molecule has 0 bridgehead atoms. The second kappa shape index (κ2) is 9.54. The molecule has 2 aliphatic rings. The minimum atomic E-state index is -0.620. The van der Waals surface area contributed by atoms with Gasteiger partial charge in [-0.25, -0.2) is 9.97 Å². The van der Waals surface area contributed by atoms with Crippen molar-refractivity contribution in [3.8, 4) is 0 Å². The molecule has 0 unspecified atom stereocenters. The molecule has 0 aliphatic carbocycles. The van der Waals surface area contributed by atoms with E-state index in [0.717, 1.165) is 71.3 Å². The van der Waals surface area contributed by atoms with Crippen LogP contribution >= 0.6 is 11.3 Å². The molecular weight excluding hydrogens is 436 g/mol. The van der Waals surface area contributed by atoms with Crippen molar-refractivity contribution in [2.75, 3.05) is 44.2 Å². The second-order valence-corrected chi connectivity index (χ2v) is 10.2. The van der Waals surface area contributed by atoms with Crippen LogP contribution in [-0.2, 0) is 4.79 Å². The van der Waals surface area contributed by atoms with Gasteiger partial charge in [0, 0.05) is 26.2 Å². The molecule has 2 N–H and O–H groups in total. The van der Waals surface area contributed by atoms with Crippen molar-refractivity contribution in [1.29, 1.82) is 0 Å². The number of fused-ring (bicyclic) bond motifs is 1. The topological polar surface area (TPSA) is 95.7 Å². The number of amides is 2. The van der Waals surface area contributed by atoms with Crippen LogP contribution in [0.3, 0.4) is 0 Å². The van der Waals surface area contributed by atoms with Crippen LogP contribution in [-0.4, -0.2) is 76.4 Å². The van der Waals surface area contributed by atoms with Crippen molar-refractivity contribution >= 4 is 39.2 Å². The van der Waals surface area contributed by atoms with Gasteiger partial charge in [0.1, 0.15) is 22.0 Å². The fourth-order valence-corrected chi connectivity index (χ4v) is 6.63. The van der Waals surface area contributed by atoms with Crippen molar-refractivity contribution in [3.63, 3.8) is 0 Å². The number of carbonyl (C=O) groups is 2. The fraction of sp³-hybridized carbons (Fsp3) is 0.667. The Balaban J connectivity index is 1.60. The number of anilines is 1. The average molecular weight is 473 g/mol. The fourth-order valence-electron chi connectivity index (χ4n) is 5.44. The maximum absolute atomic E-state index is 13.6. The van der Waals surface area contributed by atoms with Crippen molar-refractivity contribution in [2.45, 2.75) is 65.3 Å². The standard InChI is InChI=1S/C24H36N6O2S/c1-5-28(6-2)20-18-16(3)19(33-21(18)27-17(4)26-20)22(31)29-14-10-24(11-15-29,23(25)32)30-12-8-7-9-13-30/h5-15H2,1-4H3,(H2,25,32). The molecule has 2 amide bonds. The Kier molecular flexibility index (Phi) is 6.91. The number of nitrogens with two attached hydrogens (primary N) is 1. The van der Waals surface area contributed by atoms with Gasteiger partial charge in [0.15, 0.2) is 0 Å². The van der Waals surface area contributed by atoms with E-state index in [9.17, 15) is 9.59 Å². The summed E-state index contributed by atoms with van der Waals surface area (Å²) in [5.74, 6) is 1.40. The van der Waals surface area contributed by atoms with Gasteiger partial charge >= 0.3 is 0 Å². The quantitative estimate of drug-likeness (QED) is 0.694. The highest BCUT2D eigenvalue weighted by atomic mass is 32.1. The predicted octanol–water partition coefficient (Wildman–Crippen LogP) is 3.10. The van der Waals surface area contributed by atoms with Crippen LogP contribution in [0.2, 0.25) is 0 Å². The number of thiophene rings is 1. The van der Waals surface area contributed by atoms with Crippen LogP contribution in [0.5, 0.6) is 0 Å². The summed E-state index contributed by atoms with van der Waals surface area (Å²) in [4.78, 5) is 43.5. The molecule has 2 fully saturated rings. The van der Waals surface area contributed by atoms with Crippen LogP contribution < -0.4 is 10.6 Å². The Morgan fingerprint density at radius 1 is 1.03 bits per heavy atom. The summed E-state index contributed by atoms with van der Waals surface area (Å²) in [5.41, 5.74) is 6.25. The maximum atomic E-state index is 13.6. The minimum absolute atomic E-state index is 0.0235. The van der Waals surface area contributed by atoms with E-state index in [0.29, 0.717) is 25.9 Å². The lowest BCUT2D eigenvalue weighted by Crippen LogP contribution is -2.63. The van der Waals surface area contributed by atoms with Gasteiger partial charge in [0.05, 0.1) is 10.3 Å². The van der Waals surface area contributed by atoms with Gasteiger partial charge in [0.2, 0.25) is 5.91 Å². The molecule has 0 saturated carbocycles. The Morgan fingerprint density at radius 3 is 2.24 bits per heavy atom. The zero-order chi connectivity index (χ0) is 23.8. The number of primary amides is 1. The van der Waals surface area contributed by atoms with E-state index in [2.05, 4.69) is 28.6 Å². The van der Waals surface area contributed by atoms with Gasteiger partial charge in [-0.1, -0.05) is 6.42 Å². The molecule has 2 aliphatic heterocycles. The summed E-state index contributed by atoms with van der Waals surface area (Å²) in [7, 11) is 0. The summed E-state index contributed by atoms with van der Waals surface area (Å²) in [5, 5.41) is 0.981.